The minimum Gasteiger partial charge on any atom is -0.591 e. The van der Waals surface area contributed by atoms with Crippen molar-refractivity contribution in [2.45, 2.75) is 53.2 Å². The molecule has 0 amide bonds. The molecule has 0 saturated heterocycles. The zero-order valence-corrected chi connectivity index (χ0v) is 19.6. The second-order valence-corrected chi connectivity index (χ2v) is 10.5. The van der Waals surface area contributed by atoms with Crippen molar-refractivity contribution < 1.29 is 4.55 Å². The summed E-state index contributed by atoms with van der Waals surface area (Å²) in [7, 11) is 1.72. The molecule has 0 aliphatic carbocycles. The van der Waals surface area contributed by atoms with Crippen LogP contribution in [-0.2, 0) is 18.4 Å². The Morgan fingerprint density at radius 1 is 1.13 bits per heavy atom. The number of pyridine rings is 1. The molecule has 2 aromatic heterocycles. The van der Waals surface area contributed by atoms with Crippen molar-refractivity contribution in [3.8, 4) is 11.4 Å². The first-order valence-corrected chi connectivity index (χ1v) is 10.9. The van der Waals surface area contributed by atoms with Gasteiger partial charge in [-0.25, -0.2) is 4.98 Å². The van der Waals surface area contributed by atoms with Gasteiger partial charge in [0.2, 0.25) is 0 Å². The number of fused-ring (bicyclic) bond motifs is 1. The molecule has 0 bridgehead atoms. The van der Waals surface area contributed by atoms with Crippen LogP contribution in [0, 0.1) is 20.8 Å². The van der Waals surface area contributed by atoms with Crippen molar-refractivity contribution in [1.82, 2.24) is 14.5 Å². The summed E-state index contributed by atoms with van der Waals surface area (Å²) in [5, 5.41) is 0.519. The number of rotatable bonds is 3. The van der Waals surface area contributed by atoms with Gasteiger partial charge < -0.3 is 4.55 Å². The van der Waals surface area contributed by atoms with E-state index >= 15 is 0 Å². The van der Waals surface area contributed by atoms with Gasteiger partial charge in [0.1, 0.15) is 21.9 Å². The van der Waals surface area contributed by atoms with E-state index in [0.29, 0.717) is 22.4 Å². The van der Waals surface area contributed by atoms with Crippen LogP contribution < -0.4 is 5.56 Å². The summed E-state index contributed by atoms with van der Waals surface area (Å²) < 4.78 is 18.1. The maximum Gasteiger partial charge on any atom is 0.261 e. The largest absolute Gasteiger partial charge is 0.591 e. The van der Waals surface area contributed by atoms with Gasteiger partial charge in [-0.1, -0.05) is 4.40 Å². The molecule has 158 valence electrons. The fourth-order valence-corrected chi connectivity index (χ4v) is 3.89. The van der Waals surface area contributed by atoms with Gasteiger partial charge in [-0.3, -0.25) is 14.3 Å². The van der Waals surface area contributed by atoms with Gasteiger partial charge in [0.25, 0.3) is 5.56 Å². The molecule has 0 saturated carbocycles. The van der Waals surface area contributed by atoms with Gasteiger partial charge >= 0.3 is 0 Å². The van der Waals surface area contributed by atoms with Crippen molar-refractivity contribution in [2.24, 2.45) is 11.4 Å². The van der Waals surface area contributed by atoms with Crippen LogP contribution in [0.2, 0.25) is 0 Å². The van der Waals surface area contributed by atoms with Gasteiger partial charge in [0.05, 0.1) is 16.6 Å². The highest BCUT2D eigenvalue weighted by atomic mass is 32.2. The number of aromatic nitrogens is 3. The van der Waals surface area contributed by atoms with Crippen molar-refractivity contribution in [3.63, 3.8) is 0 Å². The van der Waals surface area contributed by atoms with E-state index in [1.807, 2.05) is 72.7 Å². The normalized spacial score (nSPS) is 13.7. The monoisotopic (exact) mass is 424 g/mol. The van der Waals surface area contributed by atoms with Crippen molar-refractivity contribution >= 4 is 28.0 Å². The topological polar surface area (TPSA) is 83.2 Å². The third-order valence-corrected chi connectivity index (χ3v) is 6.41. The molecule has 3 rings (SSSR count). The van der Waals surface area contributed by atoms with E-state index in [-0.39, 0.29) is 5.56 Å². The molecule has 7 heteroatoms. The van der Waals surface area contributed by atoms with E-state index in [1.165, 1.54) is 0 Å². The molecular formula is C23H28N4O2S. The molecule has 1 atom stereocenters. The second kappa shape index (κ2) is 7.96. The zero-order chi connectivity index (χ0) is 22.4. The van der Waals surface area contributed by atoms with E-state index in [9.17, 15) is 9.35 Å². The minimum absolute atomic E-state index is 0.135. The SMILES string of the molecule is CC(=N[S@+]([O-])C(C)(C)C)c1cc(C)cc2c(=O)n(C)c(-c3ccc(C)nc3C)nc12. The predicted molar refractivity (Wildman–Crippen MR) is 125 cm³/mol. The molecular weight excluding hydrogens is 396 g/mol. The summed E-state index contributed by atoms with van der Waals surface area (Å²) in [6.45, 7) is 13.2. The Hall–Kier alpha value is -2.51. The van der Waals surface area contributed by atoms with E-state index in [2.05, 4.69) is 9.38 Å². The number of aryl methyl sites for hydroxylation is 3. The Kier molecular flexibility index (Phi) is 5.89. The molecule has 0 fully saturated rings. The average Bonchev–Trinajstić information content (AvgIpc) is 2.64. The van der Waals surface area contributed by atoms with Gasteiger partial charge in [0, 0.05) is 29.6 Å². The molecule has 1 aromatic carbocycles. The first-order valence-electron chi connectivity index (χ1n) is 9.84. The summed E-state index contributed by atoms with van der Waals surface area (Å²) in [5.74, 6) is 0.548. The van der Waals surface area contributed by atoms with E-state index in [1.54, 1.807) is 11.6 Å². The van der Waals surface area contributed by atoms with Gasteiger partial charge in [-0.15, -0.1) is 0 Å². The highest BCUT2D eigenvalue weighted by molar-refractivity contribution is 7.91. The van der Waals surface area contributed by atoms with Crippen LogP contribution in [0.5, 0.6) is 0 Å². The minimum atomic E-state index is -1.41. The van der Waals surface area contributed by atoms with Crippen molar-refractivity contribution in [1.29, 1.82) is 0 Å². The van der Waals surface area contributed by atoms with Crippen LogP contribution in [0.15, 0.2) is 33.5 Å². The zero-order valence-electron chi connectivity index (χ0n) is 18.8. The summed E-state index contributed by atoms with van der Waals surface area (Å²) in [6.07, 6.45) is 0. The molecule has 0 N–H and O–H groups in total. The molecule has 0 aliphatic heterocycles. The van der Waals surface area contributed by atoms with Crippen LogP contribution in [0.3, 0.4) is 0 Å². The third kappa shape index (κ3) is 4.18. The molecule has 0 spiro atoms. The van der Waals surface area contributed by atoms with Gasteiger partial charge in [0.15, 0.2) is 0 Å². The smallest absolute Gasteiger partial charge is 0.261 e. The Bertz CT molecular complexity index is 1220. The third-order valence-electron chi connectivity index (χ3n) is 4.92. The molecule has 0 unspecified atom stereocenters. The van der Waals surface area contributed by atoms with Crippen LogP contribution in [0.25, 0.3) is 22.3 Å². The Morgan fingerprint density at radius 3 is 2.40 bits per heavy atom. The van der Waals surface area contributed by atoms with Gasteiger partial charge in [-0.05, 0) is 78.3 Å². The highest BCUT2D eigenvalue weighted by Gasteiger charge is 2.27. The molecule has 0 radical (unpaired) electrons. The van der Waals surface area contributed by atoms with E-state index < -0.39 is 16.1 Å². The van der Waals surface area contributed by atoms with Crippen molar-refractivity contribution in [2.75, 3.05) is 0 Å². The number of hydrogen-bond acceptors (Lipinski definition) is 5. The number of benzene rings is 1. The molecule has 0 aliphatic rings. The van der Waals surface area contributed by atoms with E-state index in [0.717, 1.165) is 28.1 Å². The average molecular weight is 425 g/mol. The van der Waals surface area contributed by atoms with Crippen molar-refractivity contribution in [3.05, 3.63) is 57.1 Å². The van der Waals surface area contributed by atoms with Crippen LogP contribution in [0.4, 0.5) is 0 Å². The lowest BCUT2D eigenvalue weighted by Gasteiger charge is -2.19. The number of hydrogen-bond donors (Lipinski definition) is 0. The summed E-state index contributed by atoms with van der Waals surface area (Å²) in [5.41, 5.74) is 5.20. The second-order valence-electron chi connectivity index (χ2n) is 8.63. The fourth-order valence-electron chi connectivity index (χ4n) is 3.27. The summed E-state index contributed by atoms with van der Waals surface area (Å²) in [4.78, 5) is 22.6. The lowest BCUT2D eigenvalue weighted by Crippen LogP contribution is -2.27. The van der Waals surface area contributed by atoms with Crippen LogP contribution in [-0.4, -0.2) is 29.5 Å². The molecule has 2 heterocycles. The lowest BCUT2D eigenvalue weighted by atomic mass is 10.0. The first kappa shape index (κ1) is 22.2. The standard InChI is InChI=1S/C23H28N4O2S/c1-13-11-18(16(4)26-30(29)23(5,6)7)20-19(12-13)22(28)27(8)21(25-20)17-10-9-14(2)24-15(17)3/h9-12H,1-8H3/t30-/m1/s1. The maximum atomic E-state index is 13.2. The summed E-state index contributed by atoms with van der Waals surface area (Å²) in [6, 6.07) is 7.63. The highest BCUT2D eigenvalue weighted by Crippen LogP contribution is 2.25. The Labute approximate surface area is 180 Å². The Morgan fingerprint density at radius 2 is 1.80 bits per heavy atom. The lowest BCUT2D eigenvalue weighted by molar-refractivity contribution is 0.561. The van der Waals surface area contributed by atoms with Crippen LogP contribution >= 0.6 is 0 Å². The Balaban J connectivity index is 2.34. The first-order chi connectivity index (χ1) is 13.9. The van der Waals surface area contributed by atoms with E-state index in [4.69, 9.17) is 4.98 Å². The molecule has 3 aromatic rings. The maximum absolute atomic E-state index is 13.2. The fraction of sp³-hybridized carbons (Fsp3) is 0.391. The predicted octanol–water partition coefficient (Wildman–Crippen LogP) is 4.19. The van der Waals surface area contributed by atoms with Gasteiger partial charge in [-0.2, -0.15) is 0 Å². The number of nitrogens with zero attached hydrogens (tertiary/aromatic N) is 4. The molecule has 30 heavy (non-hydrogen) atoms. The summed E-state index contributed by atoms with van der Waals surface area (Å²) >= 11 is -1.41. The quantitative estimate of drug-likeness (QED) is 0.466. The molecule has 6 nitrogen and oxygen atoms in total. The van der Waals surface area contributed by atoms with Crippen LogP contribution in [0.1, 0.15) is 50.2 Å².